The van der Waals surface area contributed by atoms with Crippen molar-refractivity contribution in [1.29, 1.82) is 0 Å². The van der Waals surface area contributed by atoms with Crippen LogP contribution in [0.1, 0.15) is 42.7 Å². The Bertz CT molecular complexity index is 2260. The normalized spacial score (nSPS) is 11.5. The van der Waals surface area contributed by atoms with Crippen LogP contribution in [-0.4, -0.2) is 28.8 Å². The number of hydrogen-bond acceptors (Lipinski definition) is 6. The van der Waals surface area contributed by atoms with E-state index < -0.39 is 23.0 Å². The number of carboxylic acids is 1. The Morgan fingerprint density at radius 1 is 0.648 bits per heavy atom. The number of rotatable bonds is 14. The van der Waals surface area contributed by atoms with Gasteiger partial charge >= 0.3 is 5.97 Å². The van der Waals surface area contributed by atoms with E-state index in [-0.39, 0.29) is 17.2 Å². The summed E-state index contributed by atoms with van der Waals surface area (Å²) >= 11 is 1.27. The fraction of sp³-hybridized carbons (Fsp3) is 0.0455. The first kappa shape index (κ1) is 36.9. The number of anilines is 2. The van der Waals surface area contributed by atoms with Gasteiger partial charge in [-0.3, -0.25) is 14.4 Å². The van der Waals surface area contributed by atoms with Crippen molar-refractivity contribution >= 4 is 52.9 Å². The maximum absolute atomic E-state index is 13.8. The van der Waals surface area contributed by atoms with E-state index in [0.29, 0.717) is 39.8 Å². The molecular weight excluding hydrogens is 699 g/mol. The quantitative estimate of drug-likeness (QED) is 0.0649. The highest BCUT2D eigenvalue weighted by Gasteiger charge is 2.23. The van der Waals surface area contributed by atoms with Crippen LogP contribution in [0.3, 0.4) is 0 Å². The molecular formula is C44H35N3O6S. The van der Waals surface area contributed by atoms with Gasteiger partial charge in [-0.05, 0) is 83.4 Å². The van der Waals surface area contributed by atoms with Gasteiger partial charge in [0.25, 0.3) is 11.8 Å². The van der Waals surface area contributed by atoms with E-state index in [2.05, 4.69) is 16.0 Å². The summed E-state index contributed by atoms with van der Waals surface area (Å²) in [5, 5.41) is 17.2. The zero-order chi connectivity index (χ0) is 37.7. The SMILES string of the molecule is O=C(Nc1cccc(SC(C(=O)Nc2cccc(C(=O)O)c2)c2ccccc2)c1)/C(=C/c1ccc(OCc2ccccc2)cc1)NC(=O)c1ccccc1. The van der Waals surface area contributed by atoms with E-state index in [1.54, 1.807) is 91.0 Å². The van der Waals surface area contributed by atoms with Crippen molar-refractivity contribution in [2.24, 2.45) is 0 Å². The number of nitrogens with one attached hydrogen (secondary N) is 3. The van der Waals surface area contributed by atoms with Crippen molar-refractivity contribution in [2.75, 3.05) is 10.6 Å². The Morgan fingerprint density at radius 3 is 1.94 bits per heavy atom. The topological polar surface area (TPSA) is 134 Å². The van der Waals surface area contributed by atoms with E-state index in [1.807, 2.05) is 66.7 Å². The fourth-order valence-corrected chi connectivity index (χ4v) is 6.41. The molecule has 0 aromatic heterocycles. The van der Waals surface area contributed by atoms with Crippen molar-refractivity contribution < 1.29 is 29.0 Å². The van der Waals surface area contributed by atoms with Gasteiger partial charge in [0.2, 0.25) is 5.91 Å². The highest BCUT2D eigenvalue weighted by molar-refractivity contribution is 8.00. The van der Waals surface area contributed by atoms with E-state index in [1.165, 1.54) is 23.9 Å². The van der Waals surface area contributed by atoms with E-state index >= 15 is 0 Å². The molecule has 0 aliphatic heterocycles. The first-order valence-corrected chi connectivity index (χ1v) is 17.8. The summed E-state index contributed by atoms with van der Waals surface area (Å²) in [6.45, 7) is 0.408. The molecule has 0 fully saturated rings. The minimum absolute atomic E-state index is 0.0185. The summed E-state index contributed by atoms with van der Waals surface area (Å²) < 4.78 is 5.91. The van der Waals surface area contributed by atoms with Crippen molar-refractivity contribution in [1.82, 2.24) is 5.32 Å². The lowest BCUT2D eigenvalue weighted by Crippen LogP contribution is -2.30. The minimum Gasteiger partial charge on any atom is -0.489 e. The molecule has 6 aromatic carbocycles. The van der Waals surface area contributed by atoms with Gasteiger partial charge in [-0.15, -0.1) is 11.8 Å². The lowest BCUT2D eigenvalue weighted by atomic mass is 10.1. The van der Waals surface area contributed by atoms with Crippen LogP contribution in [0.5, 0.6) is 5.75 Å². The van der Waals surface area contributed by atoms with Gasteiger partial charge in [-0.25, -0.2) is 4.79 Å². The van der Waals surface area contributed by atoms with Gasteiger partial charge < -0.3 is 25.8 Å². The van der Waals surface area contributed by atoms with Gasteiger partial charge in [0, 0.05) is 21.8 Å². The Morgan fingerprint density at radius 2 is 1.26 bits per heavy atom. The second-order valence-electron chi connectivity index (χ2n) is 12.0. The predicted octanol–water partition coefficient (Wildman–Crippen LogP) is 8.85. The van der Waals surface area contributed by atoms with Gasteiger partial charge in [0.1, 0.15) is 23.3 Å². The number of ether oxygens (including phenoxy) is 1. The molecule has 0 spiro atoms. The summed E-state index contributed by atoms with van der Waals surface area (Å²) in [5.41, 5.74) is 3.69. The average Bonchev–Trinajstić information content (AvgIpc) is 3.20. The molecule has 54 heavy (non-hydrogen) atoms. The predicted molar refractivity (Wildman–Crippen MR) is 211 cm³/mol. The molecule has 6 aromatic rings. The number of thioether (sulfide) groups is 1. The smallest absolute Gasteiger partial charge is 0.335 e. The number of amides is 3. The fourth-order valence-electron chi connectivity index (χ4n) is 5.33. The van der Waals surface area contributed by atoms with Crippen molar-refractivity contribution in [2.45, 2.75) is 16.8 Å². The first-order chi connectivity index (χ1) is 26.3. The molecule has 9 nitrogen and oxygen atoms in total. The van der Waals surface area contributed by atoms with Crippen molar-refractivity contribution in [3.63, 3.8) is 0 Å². The lowest BCUT2D eigenvalue weighted by Gasteiger charge is -2.18. The monoisotopic (exact) mass is 733 g/mol. The first-order valence-electron chi connectivity index (χ1n) is 16.9. The Labute approximate surface area is 316 Å². The van der Waals surface area contributed by atoms with Gasteiger partial charge in [0.15, 0.2) is 0 Å². The molecule has 10 heteroatoms. The Hall–Kier alpha value is -6.91. The molecule has 0 saturated carbocycles. The van der Waals surface area contributed by atoms with Crippen molar-refractivity contribution in [3.8, 4) is 5.75 Å². The van der Waals surface area contributed by atoms with Crippen molar-refractivity contribution in [3.05, 3.63) is 197 Å². The molecule has 1 unspecified atom stereocenters. The number of aromatic carboxylic acids is 1. The molecule has 0 aliphatic carbocycles. The standard InChI is InChI=1S/C44H35N3O6S/c48-41(33-16-8-3-9-17-33)47-39(26-30-22-24-37(25-23-30)53-29-31-12-4-1-5-13-31)42(49)45-36-20-11-21-38(28-36)54-40(32-14-6-2-7-15-32)43(50)46-35-19-10-18-34(27-35)44(51)52/h1-28,40H,29H2,(H,45,49)(H,46,50)(H,47,48)(H,51,52)/b39-26-. The van der Waals surface area contributed by atoms with Crippen LogP contribution in [-0.2, 0) is 16.2 Å². The van der Waals surface area contributed by atoms with E-state index in [9.17, 15) is 24.3 Å². The van der Waals surface area contributed by atoms with Crippen LogP contribution < -0.4 is 20.7 Å². The zero-order valence-corrected chi connectivity index (χ0v) is 29.7. The van der Waals surface area contributed by atoms with Crippen LogP contribution in [0, 0.1) is 0 Å². The molecule has 3 amide bonds. The number of hydrogen-bond donors (Lipinski definition) is 4. The average molecular weight is 734 g/mol. The molecule has 6 rings (SSSR count). The second-order valence-corrected chi connectivity index (χ2v) is 13.2. The second kappa shape index (κ2) is 18.0. The van der Waals surface area contributed by atoms with Crippen LogP contribution in [0.15, 0.2) is 174 Å². The minimum atomic E-state index is -1.10. The largest absolute Gasteiger partial charge is 0.489 e. The number of carbonyl (C=O) groups excluding carboxylic acids is 3. The van der Waals surface area contributed by atoms with Gasteiger partial charge in [-0.1, -0.05) is 103 Å². The van der Waals surface area contributed by atoms with Crippen LogP contribution in [0.4, 0.5) is 11.4 Å². The molecule has 4 N–H and O–H groups in total. The summed E-state index contributed by atoms with van der Waals surface area (Å²) in [4.78, 5) is 52.9. The molecule has 1 atom stereocenters. The third-order valence-corrected chi connectivity index (χ3v) is 9.28. The summed E-state index contributed by atoms with van der Waals surface area (Å²) in [5.74, 6) is -1.80. The molecule has 0 aliphatic rings. The van der Waals surface area contributed by atoms with E-state index in [0.717, 1.165) is 11.1 Å². The molecule has 0 heterocycles. The highest BCUT2D eigenvalue weighted by Crippen LogP contribution is 2.37. The molecule has 0 saturated heterocycles. The Balaban J connectivity index is 1.20. The maximum atomic E-state index is 13.8. The van der Waals surface area contributed by atoms with E-state index in [4.69, 9.17) is 4.74 Å². The highest BCUT2D eigenvalue weighted by atomic mass is 32.2. The van der Waals surface area contributed by atoms with Crippen LogP contribution in [0.2, 0.25) is 0 Å². The molecule has 0 radical (unpaired) electrons. The Kier molecular flexibility index (Phi) is 12.3. The number of benzene rings is 6. The summed E-state index contributed by atoms with van der Waals surface area (Å²) in [6, 6.07) is 47.9. The lowest BCUT2D eigenvalue weighted by molar-refractivity contribution is -0.116. The number of carbonyl (C=O) groups is 4. The zero-order valence-electron chi connectivity index (χ0n) is 28.8. The van der Waals surface area contributed by atoms with Crippen LogP contribution in [0.25, 0.3) is 6.08 Å². The summed E-state index contributed by atoms with van der Waals surface area (Å²) in [6.07, 6.45) is 1.59. The third-order valence-electron chi connectivity index (χ3n) is 8.03. The number of carboxylic acid groups (broad SMARTS) is 1. The summed E-state index contributed by atoms with van der Waals surface area (Å²) in [7, 11) is 0. The van der Waals surface area contributed by atoms with Crippen LogP contribution >= 0.6 is 11.8 Å². The molecule has 0 bridgehead atoms. The third kappa shape index (κ3) is 10.3. The molecule has 268 valence electrons. The van der Waals surface area contributed by atoms with Gasteiger partial charge in [-0.2, -0.15) is 0 Å². The van der Waals surface area contributed by atoms with Gasteiger partial charge in [0.05, 0.1) is 5.56 Å². The maximum Gasteiger partial charge on any atom is 0.335 e.